The van der Waals surface area contributed by atoms with Gasteiger partial charge in [-0.15, -0.1) is 24.0 Å². The number of hydrogen-bond donors (Lipinski definition) is 3. The molecule has 3 rings (SSSR count). The smallest absolute Gasteiger partial charge is 0.246 e. The van der Waals surface area contributed by atoms with Crippen LogP contribution in [-0.2, 0) is 11.3 Å². The van der Waals surface area contributed by atoms with Crippen molar-refractivity contribution in [1.82, 2.24) is 31.0 Å². The van der Waals surface area contributed by atoms with Crippen molar-refractivity contribution in [3.8, 4) is 11.4 Å². The van der Waals surface area contributed by atoms with Gasteiger partial charge in [-0.2, -0.15) is 4.98 Å². The SMILES string of the molecule is CCCNC(=O)CN1CCC(NC(=NC)NCc2nc(-c3ccc(Cl)cc3)no2)CC1.I. The highest BCUT2D eigenvalue weighted by Crippen LogP contribution is 2.18. The molecule has 1 amide bonds. The first-order valence-corrected chi connectivity index (χ1v) is 11.0. The van der Waals surface area contributed by atoms with Crippen molar-refractivity contribution >= 4 is 47.4 Å². The van der Waals surface area contributed by atoms with Gasteiger partial charge in [0.2, 0.25) is 17.6 Å². The normalized spacial score (nSPS) is 15.2. The van der Waals surface area contributed by atoms with Crippen LogP contribution in [0.5, 0.6) is 0 Å². The van der Waals surface area contributed by atoms with E-state index in [4.69, 9.17) is 16.1 Å². The van der Waals surface area contributed by atoms with E-state index in [0.717, 1.165) is 44.5 Å². The van der Waals surface area contributed by atoms with Crippen LogP contribution < -0.4 is 16.0 Å². The maximum atomic E-state index is 11.9. The van der Waals surface area contributed by atoms with Gasteiger partial charge in [0.15, 0.2) is 5.96 Å². The van der Waals surface area contributed by atoms with E-state index in [0.29, 0.717) is 41.8 Å². The summed E-state index contributed by atoms with van der Waals surface area (Å²) in [6.07, 6.45) is 2.85. The highest BCUT2D eigenvalue weighted by atomic mass is 127. The largest absolute Gasteiger partial charge is 0.355 e. The molecule has 3 N–H and O–H groups in total. The van der Waals surface area contributed by atoms with Crippen LogP contribution in [0.1, 0.15) is 32.1 Å². The summed E-state index contributed by atoms with van der Waals surface area (Å²) in [6.45, 7) is 5.38. The predicted molar refractivity (Wildman–Crippen MR) is 136 cm³/mol. The third-order valence-electron chi connectivity index (χ3n) is 5.07. The first kappa shape index (κ1) is 26.3. The minimum atomic E-state index is 0. The van der Waals surface area contributed by atoms with Crippen molar-refractivity contribution in [2.24, 2.45) is 4.99 Å². The second kappa shape index (κ2) is 13.6. The van der Waals surface area contributed by atoms with Crippen LogP contribution in [0.25, 0.3) is 11.4 Å². The average Bonchev–Trinajstić information content (AvgIpc) is 3.26. The minimum absolute atomic E-state index is 0. The Morgan fingerprint density at radius 2 is 1.97 bits per heavy atom. The molecule has 9 nitrogen and oxygen atoms in total. The molecule has 11 heteroatoms. The Kier molecular flexibility index (Phi) is 11.2. The summed E-state index contributed by atoms with van der Waals surface area (Å²) in [7, 11) is 1.73. The Hall–Kier alpha value is -1.92. The molecule has 176 valence electrons. The summed E-state index contributed by atoms with van der Waals surface area (Å²) in [6, 6.07) is 7.59. The Bertz CT molecular complexity index is 867. The van der Waals surface area contributed by atoms with Crippen LogP contribution in [0.2, 0.25) is 5.02 Å². The summed E-state index contributed by atoms with van der Waals surface area (Å²) < 4.78 is 5.33. The molecule has 1 saturated heterocycles. The predicted octanol–water partition coefficient (Wildman–Crippen LogP) is 2.66. The monoisotopic (exact) mass is 575 g/mol. The second-order valence-corrected chi connectivity index (χ2v) is 7.93. The topological polar surface area (TPSA) is 108 Å². The standard InChI is InChI=1S/C21H30ClN7O2.HI/c1-3-10-24-18(30)14-29-11-8-17(9-12-29)26-21(23-2)25-13-19-27-20(28-31-19)15-4-6-16(22)7-5-15;/h4-7,17H,3,8-14H2,1-2H3,(H,24,30)(H2,23,25,26);1H. The van der Waals surface area contributed by atoms with Crippen LogP contribution in [0.3, 0.4) is 0 Å². The molecule has 0 bridgehead atoms. The van der Waals surface area contributed by atoms with E-state index in [-0.39, 0.29) is 29.9 Å². The summed E-state index contributed by atoms with van der Waals surface area (Å²) >= 11 is 5.92. The van der Waals surface area contributed by atoms with E-state index in [1.807, 2.05) is 12.1 Å². The fourth-order valence-electron chi connectivity index (χ4n) is 3.35. The van der Waals surface area contributed by atoms with E-state index >= 15 is 0 Å². The number of guanidine groups is 1. The number of hydrogen-bond acceptors (Lipinski definition) is 6. The number of nitrogens with one attached hydrogen (secondary N) is 3. The highest BCUT2D eigenvalue weighted by Gasteiger charge is 2.21. The molecule has 1 fully saturated rings. The van der Waals surface area contributed by atoms with Crippen molar-refractivity contribution in [2.45, 2.75) is 38.8 Å². The number of likely N-dealkylation sites (tertiary alicyclic amines) is 1. The first-order chi connectivity index (χ1) is 15.1. The number of benzene rings is 1. The number of halogens is 2. The summed E-state index contributed by atoms with van der Waals surface area (Å²) in [5.41, 5.74) is 0.844. The molecule has 2 heterocycles. The molecule has 0 radical (unpaired) electrons. The Morgan fingerprint density at radius 1 is 1.25 bits per heavy atom. The van der Waals surface area contributed by atoms with Crippen molar-refractivity contribution in [3.05, 3.63) is 35.2 Å². The minimum Gasteiger partial charge on any atom is -0.355 e. The van der Waals surface area contributed by atoms with Crippen LogP contribution in [0, 0.1) is 0 Å². The molecule has 1 aliphatic heterocycles. The molecular weight excluding hydrogens is 545 g/mol. The van der Waals surface area contributed by atoms with Crippen molar-refractivity contribution in [3.63, 3.8) is 0 Å². The van der Waals surface area contributed by atoms with Gasteiger partial charge in [-0.05, 0) is 43.5 Å². The molecule has 0 saturated carbocycles. The lowest BCUT2D eigenvalue weighted by atomic mass is 10.1. The Morgan fingerprint density at radius 3 is 2.62 bits per heavy atom. The second-order valence-electron chi connectivity index (χ2n) is 7.49. The Labute approximate surface area is 210 Å². The fraction of sp³-hybridized carbons (Fsp3) is 0.524. The highest BCUT2D eigenvalue weighted by molar-refractivity contribution is 14.0. The van der Waals surface area contributed by atoms with E-state index in [9.17, 15) is 4.79 Å². The fourth-order valence-corrected chi connectivity index (χ4v) is 3.48. The molecular formula is C21H31ClIN7O2. The van der Waals surface area contributed by atoms with E-state index in [1.54, 1.807) is 19.2 Å². The van der Waals surface area contributed by atoms with Gasteiger partial charge in [0, 0.05) is 43.3 Å². The molecule has 0 atom stereocenters. The van der Waals surface area contributed by atoms with E-state index in [2.05, 4.69) is 42.9 Å². The molecule has 0 unspecified atom stereocenters. The van der Waals surface area contributed by atoms with Gasteiger partial charge in [0.05, 0.1) is 13.1 Å². The van der Waals surface area contributed by atoms with Crippen LogP contribution in [0.4, 0.5) is 0 Å². The van der Waals surface area contributed by atoms with Gasteiger partial charge in [-0.3, -0.25) is 14.7 Å². The Balaban J connectivity index is 0.00000363. The van der Waals surface area contributed by atoms with E-state index in [1.165, 1.54) is 0 Å². The molecule has 2 aromatic rings. The van der Waals surface area contributed by atoms with Crippen molar-refractivity contribution in [1.29, 1.82) is 0 Å². The number of aliphatic imine (C=N–C) groups is 1. The van der Waals surface area contributed by atoms with Crippen LogP contribution >= 0.6 is 35.6 Å². The molecule has 1 aromatic carbocycles. The number of rotatable bonds is 8. The van der Waals surface area contributed by atoms with Gasteiger partial charge >= 0.3 is 0 Å². The number of carbonyl (C=O) groups is 1. The number of carbonyl (C=O) groups excluding carboxylic acids is 1. The third-order valence-corrected chi connectivity index (χ3v) is 5.32. The molecule has 1 aromatic heterocycles. The molecule has 1 aliphatic rings. The average molecular weight is 576 g/mol. The zero-order valence-electron chi connectivity index (χ0n) is 18.4. The first-order valence-electron chi connectivity index (χ1n) is 10.6. The quantitative estimate of drug-likeness (QED) is 0.252. The maximum Gasteiger partial charge on any atom is 0.246 e. The van der Waals surface area contributed by atoms with Gasteiger partial charge in [0.1, 0.15) is 0 Å². The van der Waals surface area contributed by atoms with E-state index < -0.39 is 0 Å². The summed E-state index contributed by atoms with van der Waals surface area (Å²) in [5.74, 6) is 1.78. The van der Waals surface area contributed by atoms with Gasteiger partial charge in [-0.25, -0.2) is 0 Å². The molecule has 0 spiro atoms. The number of nitrogens with zero attached hydrogens (tertiary/aromatic N) is 4. The third kappa shape index (κ3) is 8.21. The molecule has 0 aliphatic carbocycles. The number of aromatic nitrogens is 2. The lowest BCUT2D eigenvalue weighted by molar-refractivity contribution is -0.122. The lowest BCUT2D eigenvalue weighted by Gasteiger charge is -2.32. The van der Waals surface area contributed by atoms with Crippen molar-refractivity contribution in [2.75, 3.05) is 33.2 Å². The van der Waals surface area contributed by atoms with Crippen molar-refractivity contribution < 1.29 is 9.32 Å². The lowest BCUT2D eigenvalue weighted by Crippen LogP contribution is -2.50. The summed E-state index contributed by atoms with van der Waals surface area (Å²) in [4.78, 5) is 22.8. The maximum absolute atomic E-state index is 11.9. The van der Waals surface area contributed by atoms with Gasteiger partial charge < -0.3 is 20.5 Å². The van der Waals surface area contributed by atoms with Crippen LogP contribution in [-0.4, -0.2) is 66.2 Å². The number of piperidine rings is 1. The zero-order chi connectivity index (χ0) is 22.1. The van der Waals surface area contributed by atoms with Gasteiger partial charge in [0.25, 0.3) is 0 Å². The zero-order valence-corrected chi connectivity index (χ0v) is 21.5. The van der Waals surface area contributed by atoms with Crippen LogP contribution in [0.15, 0.2) is 33.8 Å². The van der Waals surface area contributed by atoms with Gasteiger partial charge in [-0.1, -0.05) is 23.7 Å². The summed E-state index contributed by atoms with van der Waals surface area (Å²) in [5, 5.41) is 14.3. The number of amides is 1. The molecule has 32 heavy (non-hydrogen) atoms.